The third kappa shape index (κ3) is 6.40. The molecule has 0 amide bonds. The van der Waals surface area contributed by atoms with Crippen LogP contribution in [0.25, 0.3) is 0 Å². The Morgan fingerprint density at radius 1 is 1.22 bits per heavy atom. The molecule has 1 aromatic heterocycles. The summed E-state index contributed by atoms with van der Waals surface area (Å²) in [5.41, 5.74) is 2.33. The Morgan fingerprint density at radius 2 is 1.89 bits per heavy atom. The van der Waals surface area contributed by atoms with Crippen LogP contribution < -0.4 is 4.90 Å². The van der Waals surface area contributed by atoms with Crippen LogP contribution in [0.5, 0.6) is 0 Å². The zero-order valence-corrected chi connectivity index (χ0v) is 22.7. The highest BCUT2D eigenvalue weighted by atomic mass is 35.5. The van der Waals surface area contributed by atoms with Gasteiger partial charge >= 0.3 is 12.6 Å². The van der Waals surface area contributed by atoms with Gasteiger partial charge in [-0.25, -0.2) is 13.2 Å². The van der Waals surface area contributed by atoms with Gasteiger partial charge in [-0.15, -0.1) is 9.48 Å². The minimum absolute atomic E-state index is 0.162. The van der Waals surface area contributed by atoms with Crippen molar-refractivity contribution in [1.29, 1.82) is 0 Å². The largest absolute Gasteiger partial charge is 0.509 e. The molecule has 0 saturated carbocycles. The van der Waals surface area contributed by atoms with Crippen LogP contribution in [0.2, 0.25) is 5.02 Å². The van der Waals surface area contributed by atoms with Crippen LogP contribution >= 0.6 is 11.6 Å². The Hall–Kier alpha value is -2.73. The minimum Gasteiger partial charge on any atom is -0.450 e. The normalized spacial score (nSPS) is 22.6. The highest BCUT2D eigenvalue weighted by molar-refractivity contribution is 7.92. The molecule has 10 nitrogen and oxygen atoms in total. The highest BCUT2D eigenvalue weighted by Gasteiger charge is 2.46. The van der Waals surface area contributed by atoms with E-state index in [4.69, 9.17) is 26.3 Å². The van der Waals surface area contributed by atoms with Gasteiger partial charge in [0.2, 0.25) is 0 Å². The average Bonchev–Trinajstić information content (AvgIpc) is 3.14. The Kier molecular flexibility index (Phi) is 8.08. The molecule has 4 rings (SSSR count). The molecule has 37 heavy (non-hydrogen) atoms. The van der Waals surface area contributed by atoms with Crippen LogP contribution in [0, 0.1) is 19.8 Å². The predicted molar refractivity (Wildman–Crippen MR) is 139 cm³/mol. The molecule has 1 N–H and O–H groups in total. The maximum absolute atomic E-state index is 13.4. The molecular weight excluding hydrogens is 520 g/mol. The van der Waals surface area contributed by atoms with E-state index in [1.165, 1.54) is 0 Å². The molecular formula is C25H32ClN4O6S+. The van der Waals surface area contributed by atoms with E-state index in [2.05, 4.69) is 14.9 Å². The third-order valence-electron chi connectivity index (χ3n) is 7.04. The SMILES string of the molecule is Cc1cc(S(=O)(=O)CC2=NC(OC(=O)O)O[N+]2(C)CCC2CCN(c3ccncc3)CC2)c(C)cc1Cl. The lowest BCUT2D eigenvalue weighted by molar-refractivity contribution is -1.02. The van der Waals surface area contributed by atoms with Crippen LogP contribution in [0.3, 0.4) is 0 Å². The zero-order valence-electron chi connectivity index (χ0n) is 21.1. The Balaban J connectivity index is 1.47. The summed E-state index contributed by atoms with van der Waals surface area (Å²) in [5.74, 6) is 0.188. The lowest BCUT2D eigenvalue weighted by Gasteiger charge is -2.35. The van der Waals surface area contributed by atoms with Crippen molar-refractivity contribution in [3.8, 4) is 0 Å². The molecule has 1 aromatic carbocycles. The number of carbonyl (C=O) groups is 1. The molecule has 0 radical (unpaired) electrons. The number of aryl methyl sites for hydroxylation is 2. The number of quaternary nitrogens is 1. The topological polar surface area (TPSA) is 118 Å². The molecule has 0 bridgehead atoms. The Bertz CT molecular complexity index is 1280. The molecule has 1 fully saturated rings. The van der Waals surface area contributed by atoms with Gasteiger partial charge in [-0.1, -0.05) is 11.6 Å². The van der Waals surface area contributed by atoms with Gasteiger partial charge < -0.3 is 14.7 Å². The van der Waals surface area contributed by atoms with Gasteiger partial charge in [0.25, 0.3) is 5.84 Å². The quantitative estimate of drug-likeness (QED) is 0.383. The summed E-state index contributed by atoms with van der Waals surface area (Å²) in [6, 6.07) is 7.18. The molecule has 0 aliphatic carbocycles. The van der Waals surface area contributed by atoms with Crippen LogP contribution in [0.1, 0.15) is 30.4 Å². The number of nitrogens with zero attached hydrogens (tertiary/aromatic N) is 4. The van der Waals surface area contributed by atoms with Crippen molar-refractivity contribution in [1.82, 2.24) is 4.98 Å². The second-order valence-corrected chi connectivity index (χ2v) is 12.1. The first kappa shape index (κ1) is 27.3. The summed E-state index contributed by atoms with van der Waals surface area (Å²) < 4.78 is 31.3. The number of halogens is 1. The van der Waals surface area contributed by atoms with Crippen molar-refractivity contribution in [2.24, 2.45) is 10.9 Å². The summed E-state index contributed by atoms with van der Waals surface area (Å²) in [6.07, 6.45) is 3.32. The summed E-state index contributed by atoms with van der Waals surface area (Å²) in [6.45, 7) is 5.69. The number of pyridine rings is 1. The standard InChI is InChI=1S/C25H31ClN4O6S/c1-17-15-22(18(2)14-21(17)26)37(33,34)16-23-28-24(35-25(31)32)36-30(23,3)13-8-19-6-11-29(12-7-19)20-4-9-27-10-5-20/h4-5,9-10,14-15,19,24H,6-8,11-13,16H2,1-3H3/p+1. The van der Waals surface area contributed by atoms with E-state index in [1.807, 2.05) is 12.1 Å². The van der Waals surface area contributed by atoms with Gasteiger partial charge in [0, 0.05) is 42.6 Å². The molecule has 12 heteroatoms. The average molecular weight is 552 g/mol. The first-order chi connectivity index (χ1) is 17.5. The number of piperidine rings is 1. The smallest absolute Gasteiger partial charge is 0.450 e. The fourth-order valence-corrected chi connectivity index (χ4v) is 6.78. The molecule has 0 spiro atoms. The number of aliphatic imine (C=N–C) groups is 1. The molecule has 2 aromatic rings. The lowest BCUT2D eigenvalue weighted by atomic mass is 9.93. The van der Waals surface area contributed by atoms with Gasteiger partial charge in [0.1, 0.15) is 13.6 Å². The Morgan fingerprint density at radius 3 is 2.54 bits per heavy atom. The van der Waals surface area contributed by atoms with Crippen LogP contribution in [-0.4, -0.2) is 74.0 Å². The second-order valence-electron chi connectivity index (χ2n) is 9.72. The molecule has 2 aliphatic rings. The minimum atomic E-state index is -3.82. The number of sulfone groups is 1. The van der Waals surface area contributed by atoms with E-state index in [0.717, 1.165) is 38.0 Å². The number of amidine groups is 1. The Labute approximate surface area is 221 Å². The molecule has 3 heterocycles. The van der Waals surface area contributed by atoms with Gasteiger partial charge in [0.05, 0.1) is 4.90 Å². The van der Waals surface area contributed by atoms with Crippen molar-refractivity contribution < 1.29 is 32.5 Å². The summed E-state index contributed by atoms with van der Waals surface area (Å²) >= 11 is 6.16. The number of hydrogen-bond donors (Lipinski definition) is 1. The number of anilines is 1. The van der Waals surface area contributed by atoms with E-state index in [1.54, 1.807) is 45.4 Å². The monoisotopic (exact) mass is 551 g/mol. The van der Waals surface area contributed by atoms with Gasteiger partial charge in [-0.05, 0) is 68.0 Å². The summed E-state index contributed by atoms with van der Waals surface area (Å²) in [5, 5.41) is 9.56. The second kappa shape index (κ2) is 10.9. The van der Waals surface area contributed by atoms with Gasteiger partial charge in [0.15, 0.2) is 15.6 Å². The number of hydroxylamine groups is 3. The first-order valence-corrected chi connectivity index (χ1v) is 14.1. The number of rotatable bonds is 8. The van der Waals surface area contributed by atoms with Crippen LogP contribution in [0.15, 0.2) is 46.5 Å². The van der Waals surface area contributed by atoms with E-state index >= 15 is 0 Å². The summed E-state index contributed by atoms with van der Waals surface area (Å²) in [7, 11) is -2.12. The van der Waals surface area contributed by atoms with E-state index in [0.29, 0.717) is 28.6 Å². The molecule has 2 aliphatic heterocycles. The fourth-order valence-electron chi connectivity index (χ4n) is 4.82. The maximum Gasteiger partial charge on any atom is 0.509 e. The maximum atomic E-state index is 13.4. The van der Waals surface area contributed by atoms with E-state index < -0.39 is 28.2 Å². The number of carboxylic acid groups (broad SMARTS) is 1. The molecule has 2 atom stereocenters. The zero-order chi connectivity index (χ0) is 26.8. The number of ether oxygens (including phenoxy) is 1. The van der Waals surface area contributed by atoms with Crippen molar-refractivity contribution >= 4 is 39.1 Å². The summed E-state index contributed by atoms with van der Waals surface area (Å²) in [4.78, 5) is 27.8. The number of hydrogen-bond acceptors (Lipinski definition) is 8. The van der Waals surface area contributed by atoms with E-state index in [-0.39, 0.29) is 15.4 Å². The van der Waals surface area contributed by atoms with E-state index in [9.17, 15) is 13.2 Å². The first-order valence-electron chi connectivity index (χ1n) is 12.1. The fraction of sp³-hybridized carbons (Fsp3) is 0.480. The van der Waals surface area contributed by atoms with Crippen LogP contribution in [0.4, 0.5) is 10.5 Å². The highest BCUT2D eigenvalue weighted by Crippen LogP contribution is 2.30. The molecule has 200 valence electrons. The van der Waals surface area contributed by atoms with Gasteiger partial charge in [-0.2, -0.15) is 4.99 Å². The van der Waals surface area contributed by atoms with Crippen molar-refractivity contribution in [2.75, 3.05) is 37.3 Å². The van der Waals surface area contributed by atoms with Crippen molar-refractivity contribution in [2.45, 2.75) is 44.4 Å². The van der Waals surface area contributed by atoms with Crippen LogP contribution in [-0.2, 0) is 19.4 Å². The van der Waals surface area contributed by atoms with Gasteiger partial charge in [-0.3, -0.25) is 4.98 Å². The predicted octanol–water partition coefficient (Wildman–Crippen LogP) is 4.20. The lowest BCUT2D eigenvalue weighted by Crippen LogP contribution is -2.50. The van der Waals surface area contributed by atoms with Crippen molar-refractivity contribution in [3.05, 3.63) is 52.8 Å². The number of aromatic nitrogens is 1. The van der Waals surface area contributed by atoms with Crippen molar-refractivity contribution in [3.63, 3.8) is 0 Å². The number of benzene rings is 1. The molecule has 1 saturated heterocycles. The molecule has 2 unspecified atom stereocenters. The third-order valence-corrected chi connectivity index (χ3v) is 9.20.